The van der Waals surface area contributed by atoms with Crippen LogP contribution in [0.5, 0.6) is 0 Å². The van der Waals surface area contributed by atoms with Crippen LogP contribution in [0.2, 0.25) is 0 Å². The quantitative estimate of drug-likeness (QED) is 0.0263. The number of ether oxygens (including phenoxy) is 3. The van der Waals surface area contributed by atoms with Crippen LogP contribution in [0.4, 0.5) is 0 Å². The second-order valence-corrected chi connectivity index (χ2v) is 16.4. The Kier molecular flexibility index (Phi) is 45.4. The molecule has 0 saturated heterocycles. The predicted octanol–water partition coefficient (Wildman–Crippen LogP) is 16.1. The molecule has 340 valence electrons. The van der Waals surface area contributed by atoms with E-state index < -0.39 is 6.10 Å². The first-order chi connectivity index (χ1) is 29.0. The van der Waals surface area contributed by atoms with Gasteiger partial charge in [0.15, 0.2) is 6.10 Å². The summed E-state index contributed by atoms with van der Waals surface area (Å²) in [5, 5.41) is 0. The Morgan fingerprint density at radius 1 is 0.339 bits per heavy atom. The van der Waals surface area contributed by atoms with Gasteiger partial charge in [-0.25, -0.2) is 0 Å². The second kappa shape index (κ2) is 47.8. The van der Waals surface area contributed by atoms with Gasteiger partial charge in [0.2, 0.25) is 0 Å². The van der Waals surface area contributed by atoms with E-state index >= 15 is 0 Å². The lowest BCUT2D eigenvalue weighted by Crippen LogP contribution is -2.30. The van der Waals surface area contributed by atoms with E-state index in [0.717, 1.165) is 122 Å². The normalized spacial score (nSPS) is 12.5. The molecule has 0 fully saturated rings. The van der Waals surface area contributed by atoms with Gasteiger partial charge in [0.05, 0.1) is 0 Å². The molecule has 1 unspecified atom stereocenters. The fourth-order valence-corrected chi connectivity index (χ4v) is 6.67. The van der Waals surface area contributed by atoms with Gasteiger partial charge in [0, 0.05) is 19.3 Å². The molecule has 6 heteroatoms. The van der Waals surface area contributed by atoms with Crippen molar-refractivity contribution in [3.8, 4) is 0 Å². The Balaban J connectivity index is 4.44. The van der Waals surface area contributed by atoms with E-state index in [4.69, 9.17) is 14.2 Å². The maximum absolute atomic E-state index is 12.8. The van der Waals surface area contributed by atoms with Crippen molar-refractivity contribution in [2.75, 3.05) is 13.2 Å². The Morgan fingerprint density at radius 3 is 1.07 bits per heavy atom. The molecule has 6 nitrogen and oxygen atoms in total. The van der Waals surface area contributed by atoms with Gasteiger partial charge >= 0.3 is 17.9 Å². The number of allylic oxidation sites excluding steroid dienone is 10. The summed E-state index contributed by atoms with van der Waals surface area (Å²) in [7, 11) is 0. The van der Waals surface area contributed by atoms with Crippen molar-refractivity contribution >= 4 is 17.9 Å². The number of hydrogen-bond acceptors (Lipinski definition) is 6. The molecule has 59 heavy (non-hydrogen) atoms. The zero-order valence-electron chi connectivity index (χ0n) is 38.8. The molecule has 0 aliphatic rings. The summed E-state index contributed by atoms with van der Waals surface area (Å²) < 4.78 is 16.7. The molecular formula is C53H92O6. The number of unbranched alkanes of at least 4 members (excludes halogenated alkanes) is 23. The van der Waals surface area contributed by atoms with Gasteiger partial charge in [0.1, 0.15) is 13.2 Å². The first kappa shape index (κ1) is 56.1. The molecule has 0 heterocycles. The SMILES string of the molecule is CCC/C=C\C/C=C\CCCCCCCC(=O)OCC(COC(=O)CCCCCCC/C=C\C/C=C\CCCC)OC(=O)CCCCCCC/C=C\CCCCCCC. The molecule has 0 aromatic carbocycles. The standard InChI is InChI=1S/C53H92O6/c1-4-7-10-13-16-19-22-25-28-31-34-37-40-43-46-52(55)58-49-50(48-57-51(54)45-42-39-36-33-30-27-24-21-18-15-12-9-6-3)59-53(56)47-44-41-38-35-32-29-26-23-20-17-14-11-8-5-2/h12-13,15-16,21-26,50H,4-11,14,17-20,27-49H2,1-3H3/b15-12-,16-13-,24-21-,25-22-,26-23-. The second-order valence-electron chi connectivity index (χ2n) is 16.4. The highest BCUT2D eigenvalue weighted by molar-refractivity contribution is 5.71. The summed E-state index contributed by atoms with van der Waals surface area (Å²) in [6, 6.07) is 0. The molecule has 1 atom stereocenters. The highest BCUT2D eigenvalue weighted by atomic mass is 16.6. The van der Waals surface area contributed by atoms with Crippen molar-refractivity contribution in [2.45, 2.75) is 245 Å². The van der Waals surface area contributed by atoms with Crippen LogP contribution >= 0.6 is 0 Å². The van der Waals surface area contributed by atoms with Gasteiger partial charge in [0.25, 0.3) is 0 Å². The minimum atomic E-state index is -0.788. The van der Waals surface area contributed by atoms with Crippen molar-refractivity contribution < 1.29 is 28.6 Å². The topological polar surface area (TPSA) is 78.9 Å². The van der Waals surface area contributed by atoms with Crippen LogP contribution < -0.4 is 0 Å². The van der Waals surface area contributed by atoms with Crippen LogP contribution in [0.3, 0.4) is 0 Å². The maximum Gasteiger partial charge on any atom is 0.306 e. The zero-order chi connectivity index (χ0) is 43.0. The number of rotatable bonds is 44. The first-order valence-electron chi connectivity index (χ1n) is 24.8. The third kappa shape index (κ3) is 46.0. The summed E-state index contributed by atoms with van der Waals surface area (Å²) in [5.41, 5.74) is 0. The van der Waals surface area contributed by atoms with Gasteiger partial charge < -0.3 is 14.2 Å². The molecule has 0 aliphatic carbocycles. The fourth-order valence-electron chi connectivity index (χ4n) is 6.67. The van der Waals surface area contributed by atoms with Gasteiger partial charge in [-0.1, -0.05) is 184 Å². The lowest BCUT2D eigenvalue weighted by atomic mass is 10.1. The summed E-state index contributed by atoms with van der Waals surface area (Å²) in [5.74, 6) is -0.925. The predicted molar refractivity (Wildman–Crippen MR) is 251 cm³/mol. The van der Waals surface area contributed by atoms with E-state index in [-0.39, 0.29) is 31.1 Å². The summed E-state index contributed by atoms with van der Waals surface area (Å²) in [6.07, 6.45) is 57.6. The van der Waals surface area contributed by atoms with Gasteiger partial charge in [-0.2, -0.15) is 0 Å². The minimum absolute atomic E-state index is 0.0896. The van der Waals surface area contributed by atoms with E-state index in [1.54, 1.807) is 0 Å². The van der Waals surface area contributed by atoms with Crippen molar-refractivity contribution in [2.24, 2.45) is 0 Å². The molecule has 0 saturated carbocycles. The van der Waals surface area contributed by atoms with Gasteiger partial charge in [-0.05, 0) is 96.3 Å². The minimum Gasteiger partial charge on any atom is -0.462 e. The van der Waals surface area contributed by atoms with Crippen LogP contribution in [0.1, 0.15) is 239 Å². The van der Waals surface area contributed by atoms with Gasteiger partial charge in [-0.3, -0.25) is 14.4 Å². The molecule has 0 aromatic heterocycles. The van der Waals surface area contributed by atoms with Crippen LogP contribution in [0.25, 0.3) is 0 Å². The molecule has 0 aromatic rings. The fraction of sp³-hybridized carbons (Fsp3) is 0.755. The maximum atomic E-state index is 12.8. The van der Waals surface area contributed by atoms with Crippen LogP contribution in [-0.4, -0.2) is 37.2 Å². The van der Waals surface area contributed by atoms with E-state index in [1.165, 1.54) is 77.0 Å². The highest BCUT2D eigenvalue weighted by Crippen LogP contribution is 2.13. The summed E-state index contributed by atoms with van der Waals surface area (Å²) >= 11 is 0. The lowest BCUT2D eigenvalue weighted by molar-refractivity contribution is -0.167. The third-order valence-corrected chi connectivity index (χ3v) is 10.4. The van der Waals surface area contributed by atoms with Gasteiger partial charge in [-0.15, -0.1) is 0 Å². The molecule has 0 radical (unpaired) electrons. The van der Waals surface area contributed by atoms with E-state index in [0.29, 0.717) is 19.3 Å². The Morgan fingerprint density at radius 2 is 0.661 bits per heavy atom. The third-order valence-electron chi connectivity index (χ3n) is 10.4. The highest BCUT2D eigenvalue weighted by Gasteiger charge is 2.19. The summed E-state index contributed by atoms with van der Waals surface area (Å²) in [4.78, 5) is 37.9. The Hall–Kier alpha value is -2.89. The average molecular weight is 825 g/mol. The number of carbonyl (C=O) groups excluding carboxylic acids is 3. The average Bonchev–Trinajstić information content (AvgIpc) is 3.23. The first-order valence-corrected chi connectivity index (χ1v) is 24.8. The zero-order valence-corrected chi connectivity index (χ0v) is 38.8. The van der Waals surface area contributed by atoms with E-state index in [9.17, 15) is 14.4 Å². The molecule has 0 spiro atoms. The van der Waals surface area contributed by atoms with E-state index in [2.05, 4.69) is 81.5 Å². The Bertz CT molecular complexity index is 1090. The largest absolute Gasteiger partial charge is 0.462 e. The Labute approximate surface area is 364 Å². The van der Waals surface area contributed by atoms with Crippen molar-refractivity contribution in [1.29, 1.82) is 0 Å². The van der Waals surface area contributed by atoms with Crippen LogP contribution in [-0.2, 0) is 28.6 Å². The van der Waals surface area contributed by atoms with E-state index in [1.807, 2.05) is 0 Å². The molecule has 0 aliphatic heterocycles. The van der Waals surface area contributed by atoms with Crippen molar-refractivity contribution in [3.63, 3.8) is 0 Å². The molecular weight excluding hydrogens is 733 g/mol. The molecule has 0 rings (SSSR count). The van der Waals surface area contributed by atoms with Crippen LogP contribution in [0, 0.1) is 0 Å². The van der Waals surface area contributed by atoms with Crippen LogP contribution in [0.15, 0.2) is 60.8 Å². The smallest absolute Gasteiger partial charge is 0.306 e. The summed E-state index contributed by atoms with van der Waals surface area (Å²) in [6.45, 7) is 6.49. The monoisotopic (exact) mass is 825 g/mol. The number of esters is 3. The van der Waals surface area contributed by atoms with Crippen molar-refractivity contribution in [1.82, 2.24) is 0 Å². The number of hydrogen-bond donors (Lipinski definition) is 0. The molecule has 0 N–H and O–H groups in total. The molecule has 0 amide bonds. The molecule has 0 bridgehead atoms. The number of carbonyl (C=O) groups is 3. The van der Waals surface area contributed by atoms with Crippen molar-refractivity contribution in [3.05, 3.63) is 60.8 Å². The lowest BCUT2D eigenvalue weighted by Gasteiger charge is -2.18.